The SMILES string of the molecule is CC(=O)c1ccccn1.CN.Cl. The highest BCUT2D eigenvalue weighted by molar-refractivity contribution is 5.91. The van der Waals surface area contributed by atoms with Crippen LogP contribution < -0.4 is 5.73 Å². The zero-order valence-electron chi connectivity index (χ0n) is 7.15. The second kappa shape index (κ2) is 8.17. The summed E-state index contributed by atoms with van der Waals surface area (Å²) in [6.45, 7) is 1.50. The molecule has 0 saturated heterocycles. The van der Waals surface area contributed by atoms with Gasteiger partial charge in [0.05, 0.1) is 0 Å². The molecule has 0 aromatic carbocycles. The quantitative estimate of drug-likeness (QED) is 0.676. The third-order valence-electron chi connectivity index (χ3n) is 1.03. The van der Waals surface area contributed by atoms with E-state index in [-0.39, 0.29) is 18.2 Å². The van der Waals surface area contributed by atoms with Crippen LogP contribution in [0.1, 0.15) is 17.4 Å². The summed E-state index contributed by atoms with van der Waals surface area (Å²) in [7, 11) is 1.50. The highest BCUT2D eigenvalue weighted by Gasteiger charge is 1.94. The van der Waals surface area contributed by atoms with Crippen LogP contribution >= 0.6 is 12.4 Å². The highest BCUT2D eigenvalue weighted by Crippen LogP contribution is 1.92. The van der Waals surface area contributed by atoms with Crippen LogP contribution in [0.15, 0.2) is 24.4 Å². The molecule has 68 valence electrons. The van der Waals surface area contributed by atoms with Gasteiger partial charge in [0.1, 0.15) is 5.69 Å². The number of rotatable bonds is 1. The smallest absolute Gasteiger partial charge is 0.178 e. The zero-order chi connectivity index (χ0) is 8.69. The first-order valence-corrected chi connectivity index (χ1v) is 3.30. The molecule has 0 amide bonds. The largest absolute Gasteiger partial charge is 0.333 e. The van der Waals surface area contributed by atoms with Gasteiger partial charge in [-0.3, -0.25) is 9.78 Å². The first kappa shape index (κ1) is 13.6. The average Bonchev–Trinajstić information content (AvgIpc) is 2.10. The number of hydrogen-bond acceptors (Lipinski definition) is 3. The molecule has 12 heavy (non-hydrogen) atoms. The fourth-order valence-corrected chi connectivity index (χ4v) is 0.571. The molecule has 0 aliphatic carbocycles. The van der Waals surface area contributed by atoms with E-state index in [9.17, 15) is 4.79 Å². The summed E-state index contributed by atoms with van der Waals surface area (Å²) < 4.78 is 0. The van der Waals surface area contributed by atoms with Crippen molar-refractivity contribution in [3.8, 4) is 0 Å². The molecule has 1 heterocycles. The number of nitrogens with two attached hydrogens (primary N) is 1. The van der Waals surface area contributed by atoms with E-state index in [2.05, 4.69) is 10.7 Å². The van der Waals surface area contributed by atoms with Crippen LogP contribution in [0.25, 0.3) is 0 Å². The summed E-state index contributed by atoms with van der Waals surface area (Å²) in [6.07, 6.45) is 1.61. The maximum atomic E-state index is 10.6. The lowest BCUT2D eigenvalue weighted by atomic mass is 10.3. The summed E-state index contributed by atoms with van der Waals surface area (Å²) >= 11 is 0. The van der Waals surface area contributed by atoms with Crippen molar-refractivity contribution in [3.63, 3.8) is 0 Å². The lowest BCUT2D eigenvalue weighted by Gasteiger charge is -1.88. The van der Waals surface area contributed by atoms with Gasteiger partial charge in [-0.05, 0) is 19.2 Å². The highest BCUT2D eigenvalue weighted by atomic mass is 35.5. The molecule has 1 rings (SSSR count). The van der Waals surface area contributed by atoms with Crippen molar-refractivity contribution in [1.82, 2.24) is 4.98 Å². The zero-order valence-corrected chi connectivity index (χ0v) is 7.97. The standard InChI is InChI=1S/C7H7NO.CH5N.ClH/c1-6(9)7-4-2-3-5-8-7;1-2;/h2-5H,1H3;2H2,1H3;1H. The van der Waals surface area contributed by atoms with E-state index < -0.39 is 0 Å². The van der Waals surface area contributed by atoms with Gasteiger partial charge in [-0.2, -0.15) is 0 Å². The molecule has 0 radical (unpaired) electrons. The summed E-state index contributed by atoms with van der Waals surface area (Å²) in [5.41, 5.74) is 5.03. The van der Waals surface area contributed by atoms with Crippen LogP contribution in [-0.2, 0) is 0 Å². The Morgan fingerprint density at radius 1 is 1.42 bits per heavy atom. The van der Waals surface area contributed by atoms with Crippen molar-refractivity contribution in [3.05, 3.63) is 30.1 Å². The predicted octanol–water partition coefficient (Wildman–Crippen LogP) is 1.28. The second-order valence-electron chi connectivity index (χ2n) is 1.77. The molecule has 0 spiro atoms. The third kappa shape index (κ3) is 4.82. The Balaban J connectivity index is 0. The summed E-state index contributed by atoms with van der Waals surface area (Å²) in [6, 6.07) is 5.28. The molecule has 0 bridgehead atoms. The van der Waals surface area contributed by atoms with Crippen LogP contribution in [0, 0.1) is 0 Å². The third-order valence-corrected chi connectivity index (χ3v) is 1.03. The van der Waals surface area contributed by atoms with Gasteiger partial charge < -0.3 is 5.73 Å². The normalized spacial score (nSPS) is 7.25. The van der Waals surface area contributed by atoms with E-state index >= 15 is 0 Å². The van der Waals surface area contributed by atoms with Gasteiger partial charge in [0.15, 0.2) is 5.78 Å². The summed E-state index contributed by atoms with van der Waals surface area (Å²) in [5, 5.41) is 0. The van der Waals surface area contributed by atoms with Gasteiger partial charge in [0.25, 0.3) is 0 Å². The van der Waals surface area contributed by atoms with Gasteiger partial charge in [0.2, 0.25) is 0 Å². The van der Waals surface area contributed by atoms with E-state index in [1.54, 1.807) is 24.4 Å². The number of halogens is 1. The van der Waals surface area contributed by atoms with E-state index in [1.165, 1.54) is 14.0 Å². The maximum Gasteiger partial charge on any atom is 0.178 e. The number of aromatic nitrogens is 1. The number of ketones is 1. The Bertz CT molecular complexity index is 214. The maximum absolute atomic E-state index is 10.6. The Kier molecular flexibility index (Phi) is 9.29. The number of pyridine rings is 1. The van der Waals surface area contributed by atoms with Crippen LogP contribution in [0.3, 0.4) is 0 Å². The van der Waals surface area contributed by atoms with Gasteiger partial charge in [0, 0.05) is 13.1 Å². The van der Waals surface area contributed by atoms with Crippen molar-refractivity contribution < 1.29 is 4.79 Å². The molecule has 0 atom stereocenters. The predicted molar refractivity (Wildman–Crippen MR) is 51.6 cm³/mol. The molecular formula is C8H13ClN2O. The Hall–Kier alpha value is -0.930. The van der Waals surface area contributed by atoms with E-state index in [0.717, 1.165) is 0 Å². The van der Waals surface area contributed by atoms with Gasteiger partial charge in [-0.15, -0.1) is 12.4 Å². The van der Waals surface area contributed by atoms with Crippen LogP contribution in [0.4, 0.5) is 0 Å². The monoisotopic (exact) mass is 188 g/mol. The molecular weight excluding hydrogens is 176 g/mol. The van der Waals surface area contributed by atoms with Crippen LogP contribution in [-0.4, -0.2) is 17.8 Å². The van der Waals surface area contributed by atoms with Gasteiger partial charge in [-0.1, -0.05) is 6.07 Å². The molecule has 3 nitrogen and oxygen atoms in total. The van der Waals surface area contributed by atoms with E-state index in [4.69, 9.17) is 0 Å². The molecule has 1 aromatic heterocycles. The van der Waals surface area contributed by atoms with Gasteiger partial charge >= 0.3 is 0 Å². The lowest BCUT2D eigenvalue weighted by Crippen LogP contribution is -1.93. The molecule has 0 fully saturated rings. The molecule has 4 heteroatoms. The lowest BCUT2D eigenvalue weighted by molar-refractivity contribution is 0.101. The summed E-state index contributed by atoms with van der Waals surface area (Å²) in [4.78, 5) is 14.4. The van der Waals surface area contributed by atoms with Crippen molar-refractivity contribution in [2.45, 2.75) is 6.92 Å². The van der Waals surface area contributed by atoms with Crippen molar-refractivity contribution in [1.29, 1.82) is 0 Å². The number of nitrogens with zero attached hydrogens (tertiary/aromatic N) is 1. The van der Waals surface area contributed by atoms with Crippen molar-refractivity contribution in [2.24, 2.45) is 5.73 Å². The topological polar surface area (TPSA) is 56.0 Å². The molecule has 0 unspecified atom stereocenters. The molecule has 0 aliphatic rings. The minimum Gasteiger partial charge on any atom is -0.333 e. The minimum atomic E-state index is 0. The first-order valence-electron chi connectivity index (χ1n) is 3.30. The van der Waals surface area contributed by atoms with E-state index in [1.807, 2.05) is 0 Å². The fraction of sp³-hybridized carbons (Fsp3) is 0.250. The molecule has 2 N–H and O–H groups in total. The average molecular weight is 189 g/mol. The Morgan fingerprint density at radius 3 is 2.25 bits per heavy atom. The van der Waals surface area contributed by atoms with Gasteiger partial charge in [-0.25, -0.2) is 0 Å². The number of hydrogen-bond donors (Lipinski definition) is 1. The van der Waals surface area contributed by atoms with Crippen LogP contribution in [0.5, 0.6) is 0 Å². The number of carbonyl (C=O) groups is 1. The fourth-order valence-electron chi connectivity index (χ4n) is 0.571. The minimum absolute atomic E-state index is 0. The summed E-state index contributed by atoms with van der Waals surface area (Å²) in [5.74, 6) is 0.00981. The molecule has 1 aromatic rings. The Morgan fingerprint density at radius 2 is 2.00 bits per heavy atom. The first-order chi connectivity index (χ1) is 5.30. The Labute approximate surface area is 78.4 Å². The number of Topliss-reactive ketones (excluding diaryl/α,β-unsaturated/α-hetero) is 1. The molecule has 0 saturated carbocycles. The van der Waals surface area contributed by atoms with Crippen LogP contribution in [0.2, 0.25) is 0 Å². The second-order valence-corrected chi connectivity index (χ2v) is 1.77. The van der Waals surface area contributed by atoms with Crippen molar-refractivity contribution in [2.75, 3.05) is 7.05 Å². The number of carbonyl (C=O) groups excluding carboxylic acids is 1. The van der Waals surface area contributed by atoms with E-state index in [0.29, 0.717) is 5.69 Å². The van der Waals surface area contributed by atoms with Crippen molar-refractivity contribution >= 4 is 18.2 Å². The molecule has 0 aliphatic heterocycles.